The van der Waals surface area contributed by atoms with E-state index in [0.717, 1.165) is 40.1 Å². The Bertz CT molecular complexity index is 1280. The monoisotopic (exact) mass is 480 g/mol. The Balaban J connectivity index is 1.45. The molecule has 0 radical (unpaired) electrons. The van der Waals surface area contributed by atoms with Crippen LogP contribution in [0.5, 0.6) is 0 Å². The number of hydrogen-bond acceptors (Lipinski definition) is 5. The lowest BCUT2D eigenvalue weighted by Gasteiger charge is -2.27. The van der Waals surface area contributed by atoms with Crippen LogP contribution in [0.25, 0.3) is 22.2 Å². The number of hydrogen-bond donors (Lipinski definition) is 3. The van der Waals surface area contributed by atoms with Gasteiger partial charge in [-0.15, -0.1) is 0 Å². The molecule has 34 heavy (non-hydrogen) atoms. The minimum absolute atomic E-state index is 0.0835. The van der Waals surface area contributed by atoms with Gasteiger partial charge in [0.2, 0.25) is 5.91 Å². The second-order valence-electron chi connectivity index (χ2n) is 9.60. The minimum Gasteiger partial charge on any atom is -0.381 e. The molecule has 1 aromatic heterocycles. The maximum Gasteiger partial charge on any atom is 0.221 e. The van der Waals surface area contributed by atoms with E-state index in [2.05, 4.69) is 38.7 Å². The van der Waals surface area contributed by atoms with Gasteiger partial charge in [0.15, 0.2) is 9.84 Å². The summed E-state index contributed by atoms with van der Waals surface area (Å²) in [6, 6.07) is 14.9. The number of carbonyl (C=O) groups excluding carboxylic acids is 1. The molecule has 1 amide bonds. The summed E-state index contributed by atoms with van der Waals surface area (Å²) in [5, 5.41) is 7.73. The van der Waals surface area contributed by atoms with Crippen molar-refractivity contribution in [1.82, 2.24) is 9.88 Å². The lowest BCUT2D eigenvalue weighted by molar-refractivity contribution is -0.114. The zero-order chi connectivity index (χ0) is 23.7. The van der Waals surface area contributed by atoms with Gasteiger partial charge in [0.1, 0.15) is 0 Å². The molecular weight excluding hydrogens is 448 g/mol. The van der Waals surface area contributed by atoms with Crippen molar-refractivity contribution in [1.29, 1.82) is 0 Å². The van der Waals surface area contributed by atoms with Crippen LogP contribution < -0.4 is 10.6 Å². The Morgan fingerprint density at radius 2 is 1.76 bits per heavy atom. The molecule has 1 saturated carbocycles. The third kappa shape index (κ3) is 5.28. The van der Waals surface area contributed by atoms with Gasteiger partial charge in [0, 0.05) is 49.4 Å². The molecule has 0 bridgehead atoms. The zero-order valence-corrected chi connectivity index (χ0v) is 20.4. The van der Waals surface area contributed by atoms with E-state index in [-0.39, 0.29) is 17.4 Å². The lowest BCUT2D eigenvalue weighted by Crippen LogP contribution is -2.39. The Labute approximate surface area is 200 Å². The predicted octanol–water partition coefficient (Wildman–Crippen LogP) is 4.38. The van der Waals surface area contributed by atoms with E-state index >= 15 is 0 Å². The standard InChI is InChI=1S/C26H32N4O3S/c1-18(31)27-23-8-6-20(7-9-23)24-16-21-14-19(17-30-10-12-34(32,33)13-11-30)15-25(26(21)29-24)28-22-4-2-3-5-22/h6-9,14-16,22,28-29H,2-5,10-13,17H2,1H3,(H,27,31). The Hall–Kier alpha value is -2.84. The van der Waals surface area contributed by atoms with E-state index in [1.54, 1.807) is 0 Å². The second-order valence-corrected chi connectivity index (χ2v) is 11.9. The maximum atomic E-state index is 11.8. The van der Waals surface area contributed by atoms with Gasteiger partial charge in [-0.25, -0.2) is 8.42 Å². The van der Waals surface area contributed by atoms with Crippen LogP contribution in [0.1, 0.15) is 38.2 Å². The fourth-order valence-corrected chi connectivity index (χ4v) is 6.34. The molecule has 2 aliphatic rings. The number of benzene rings is 2. The number of sulfone groups is 1. The van der Waals surface area contributed by atoms with E-state index < -0.39 is 9.84 Å². The van der Waals surface area contributed by atoms with Crippen molar-refractivity contribution in [3.63, 3.8) is 0 Å². The fraction of sp³-hybridized carbons (Fsp3) is 0.423. The zero-order valence-electron chi connectivity index (χ0n) is 19.6. The highest BCUT2D eigenvalue weighted by Crippen LogP contribution is 2.33. The van der Waals surface area contributed by atoms with Gasteiger partial charge in [-0.05, 0) is 54.3 Å². The number of carbonyl (C=O) groups is 1. The van der Waals surface area contributed by atoms with E-state index in [1.807, 2.05) is 24.3 Å². The molecule has 8 heteroatoms. The summed E-state index contributed by atoms with van der Waals surface area (Å²) in [5.41, 5.74) is 6.27. The van der Waals surface area contributed by atoms with Crippen LogP contribution >= 0.6 is 0 Å². The highest BCUT2D eigenvalue weighted by atomic mass is 32.2. The second kappa shape index (κ2) is 9.43. The first-order valence-electron chi connectivity index (χ1n) is 12.1. The van der Waals surface area contributed by atoms with Crippen LogP contribution in [-0.4, -0.2) is 54.8 Å². The SMILES string of the molecule is CC(=O)Nc1ccc(-c2cc3cc(CN4CCS(=O)(=O)CC4)cc(NC4CCCC4)c3[nH]2)cc1. The maximum absolute atomic E-state index is 11.8. The number of fused-ring (bicyclic) bond motifs is 1. The average molecular weight is 481 g/mol. The first-order chi connectivity index (χ1) is 16.3. The smallest absolute Gasteiger partial charge is 0.221 e. The average Bonchev–Trinajstić information content (AvgIpc) is 3.45. The number of anilines is 2. The van der Waals surface area contributed by atoms with Gasteiger partial charge >= 0.3 is 0 Å². The van der Waals surface area contributed by atoms with E-state index in [9.17, 15) is 13.2 Å². The van der Waals surface area contributed by atoms with Crippen molar-refractivity contribution in [2.45, 2.75) is 45.2 Å². The number of H-pyrrole nitrogens is 1. The molecule has 0 atom stereocenters. The van der Waals surface area contributed by atoms with Crippen molar-refractivity contribution < 1.29 is 13.2 Å². The van der Waals surface area contributed by atoms with Crippen molar-refractivity contribution in [2.75, 3.05) is 35.2 Å². The van der Waals surface area contributed by atoms with Crippen molar-refractivity contribution in [3.05, 3.63) is 48.0 Å². The molecule has 2 aromatic carbocycles. The highest BCUT2D eigenvalue weighted by molar-refractivity contribution is 7.91. The number of aromatic amines is 1. The normalized spacial score (nSPS) is 18.9. The summed E-state index contributed by atoms with van der Waals surface area (Å²) in [6.07, 6.45) is 4.90. The van der Waals surface area contributed by atoms with Crippen LogP contribution in [0.15, 0.2) is 42.5 Å². The molecule has 2 fully saturated rings. The highest BCUT2D eigenvalue weighted by Gasteiger charge is 2.22. The number of nitrogens with one attached hydrogen (secondary N) is 3. The Morgan fingerprint density at radius 1 is 1.06 bits per heavy atom. The molecule has 3 aromatic rings. The number of aromatic nitrogens is 1. The molecule has 0 spiro atoms. The van der Waals surface area contributed by atoms with E-state index in [1.165, 1.54) is 38.2 Å². The molecule has 1 aliphatic carbocycles. The summed E-state index contributed by atoms with van der Waals surface area (Å²) >= 11 is 0. The molecule has 180 valence electrons. The largest absolute Gasteiger partial charge is 0.381 e. The van der Waals surface area contributed by atoms with Crippen molar-refractivity contribution in [2.24, 2.45) is 0 Å². The Morgan fingerprint density at radius 3 is 2.44 bits per heavy atom. The fourth-order valence-electron chi connectivity index (χ4n) is 5.06. The Kier molecular flexibility index (Phi) is 6.36. The summed E-state index contributed by atoms with van der Waals surface area (Å²) in [4.78, 5) is 17.2. The number of amides is 1. The van der Waals surface area contributed by atoms with Crippen LogP contribution in [0.3, 0.4) is 0 Å². The van der Waals surface area contributed by atoms with Crippen molar-refractivity contribution >= 4 is 38.0 Å². The van der Waals surface area contributed by atoms with E-state index in [0.29, 0.717) is 19.1 Å². The minimum atomic E-state index is -2.89. The third-order valence-corrected chi connectivity index (χ3v) is 8.47. The van der Waals surface area contributed by atoms with Crippen molar-refractivity contribution in [3.8, 4) is 11.3 Å². The number of rotatable bonds is 6. The van der Waals surface area contributed by atoms with Gasteiger partial charge in [0.25, 0.3) is 0 Å². The van der Waals surface area contributed by atoms with Gasteiger partial charge in [-0.2, -0.15) is 0 Å². The van der Waals surface area contributed by atoms with Gasteiger partial charge in [0.05, 0.1) is 22.7 Å². The molecule has 5 rings (SSSR count). The molecule has 3 N–H and O–H groups in total. The number of nitrogens with zero attached hydrogens (tertiary/aromatic N) is 1. The van der Waals surface area contributed by atoms with Crippen LogP contribution in [0, 0.1) is 0 Å². The first kappa shape index (κ1) is 22.9. The molecule has 7 nitrogen and oxygen atoms in total. The van der Waals surface area contributed by atoms with E-state index in [4.69, 9.17) is 0 Å². The quantitative estimate of drug-likeness (QED) is 0.487. The topological polar surface area (TPSA) is 94.3 Å². The lowest BCUT2D eigenvalue weighted by atomic mass is 10.1. The summed E-state index contributed by atoms with van der Waals surface area (Å²) in [7, 11) is -2.89. The van der Waals surface area contributed by atoms with Crippen LogP contribution in [-0.2, 0) is 21.2 Å². The molecule has 1 aliphatic heterocycles. The molecular formula is C26H32N4O3S. The summed E-state index contributed by atoms with van der Waals surface area (Å²) in [5.74, 6) is 0.399. The third-order valence-electron chi connectivity index (χ3n) is 6.86. The van der Waals surface area contributed by atoms with Gasteiger partial charge in [-0.1, -0.05) is 25.0 Å². The van der Waals surface area contributed by atoms with Gasteiger partial charge < -0.3 is 15.6 Å². The molecule has 0 unspecified atom stereocenters. The van der Waals surface area contributed by atoms with Crippen LogP contribution in [0.2, 0.25) is 0 Å². The molecule has 1 saturated heterocycles. The molecule has 2 heterocycles. The summed E-state index contributed by atoms with van der Waals surface area (Å²) < 4.78 is 23.6. The predicted molar refractivity (Wildman–Crippen MR) is 138 cm³/mol. The van der Waals surface area contributed by atoms with Crippen LogP contribution in [0.4, 0.5) is 11.4 Å². The first-order valence-corrected chi connectivity index (χ1v) is 13.9. The van der Waals surface area contributed by atoms with Gasteiger partial charge in [-0.3, -0.25) is 9.69 Å². The summed E-state index contributed by atoms with van der Waals surface area (Å²) in [6.45, 7) is 3.43.